The lowest BCUT2D eigenvalue weighted by molar-refractivity contribution is 0.586. The van der Waals surface area contributed by atoms with Crippen LogP contribution in [0.1, 0.15) is 34.3 Å². The Bertz CT molecular complexity index is 554. The van der Waals surface area contributed by atoms with E-state index in [-0.39, 0.29) is 6.04 Å². The SMILES string of the molecule is CNC(Cc1c(C)nn(C)c1C)c1ccc(C)nc1. The van der Waals surface area contributed by atoms with E-state index in [0.29, 0.717) is 0 Å². The number of aromatic nitrogens is 3. The average Bonchev–Trinajstić information content (AvgIpc) is 2.63. The van der Waals surface area contributed by atoms with E-state index < -0.39 is 0 Å². The number of nitrogens with one attached hydrogen (secondary N) is 1. The van der Waals surface area contributed by atoms with Gasteiger partial charge in [0.25, 0.3) is 0 Å². The minimum absolute atomic E-state index is 0.273. The molecule has 1 unspecified atom stereocenters. The Balaban J connectivity index is 2.26. The Kier molecular flexibility index (Phi) is 4.00. The second-order valence-electron chi connectivity index (χ2n) is 5.05. The number of pyridine rings is 1. The first-order chi connectivity index (χ1) is 9.02. The van der Waals surface area contributed by atoms with Gasteiger partial charge in [0.15, 0.2) is 0 Å². The normalized spacial score (nSPS) is 12.7. The molecule has 2 rings (SSSR count). The van der Waals surface area contributed by atoms with E-state index in [0.717, 1.165) is 17.8 Å². The van der Waals surface area contributed by atoms with Gasteiger partial charge in [0.1, 0.15) is 0 Å². The van der Waals surface area contributed by atoms with Gasteiger partial charge in [0.2, 0.25) is 0 Å². The molecule has 0 saturated heterocycles. The Morgan fingerprint density at radius 3 is 2.47 bits per heavy atom. The number of aryl methyl sites for hydroxylation is 3. The summed E-state index contributed by atoms with van der Waals surface area (Å²) in [6.45, 7) is 6.20. The zero-order valence-corrected chi connectivity index (χ0v) is 12.4. The van der Waals surface area contributed by atoms with Crippen LogP contribution in [0.3, 0.4) is 0 Å². The molecule has 0 saturated carbocycles. The highest BCUT2D eigenvalue weighted by Gasteiger charge is 2.16. The fraction of sp³-hybridized carbons (Fsp3) is 0.467. The van der Waals surface area contributed by atoms with Crippen molar-refractivity contribution in [2.45, 2.75) is 33.2 Å². The molecule has 2 aromatic rings. The van der Waals surface area contributed by atoms with Crippen LogP contribution in [0.2, 0.25) is 0 Å². The molecular formula is C15H22N4. The van der Waals surface area contributed by atoms with Crippen LogP contribution in [0.15, 0.2) is 18.3 Å². The zero-order valence-electron chi connectivity index (χ0n) is 12.4. The summed E-state index contributed by atoms with van der Waals surface area (Å²) in [5.74, 6) is 0. The second kappa shape index (κ2) is 5.53. The average molecular weight is 258 g/mol. The van der Waals surface area contributed by atoms with Crippen LogP contribution in [0.5, 0.6) is 0 Å². The molecule has 0 aliphatic heterocycles. The molecule has 0 amide bonds. The molecule has 0 aliphatic carbocycles. The lowest BCUT2D eigenvalue weighted by Gasteiger charge is -2.17. The third-order valence-corrected chi connectivity index (χ3v) is 3.75. The Labute approximate surface area is 114 Å². The lowest BCUT2D eigenvalue weighted by atomic mass is 9.99. The highest BCUT2D eigenvalue weighted by atomic mass is 15.3. The molecule has 0 fully saturated rings. The minimum Gasteiger partial charge on any atom is -0.313 e. The van der Waals surface area contributed by atoms with Crippen LogP contribution in [-0.4, -0.2) is 21.8 Å². The van der Waals surface area contributed by atoms with Crippen molar-refractivity contribution < 1.29 is 0 Å². The van der Waals surface area contributed by atoms with Gasteiger partial charge in [-0.25, -0.2) is 0 Å². The summed E-state index contributed by atoms with van der Waals surface area (Å²) in [6.07, 6.45) is 2.89. The van der Waals surface area contributed by atoms with Gasteiger partial charge >= 0.3 is 0 Å². The smallest absolute Gasteiger partial charge is 0.0629 e. The van der Waals surface area contributed by atoms with Crippen LogP contribution in [0.4, 0.5) is 0 Å². The van der Waals surface area contributed by atoms with E-state index in [9.17, 15) is 0 Å². The second-order valence-corrected chi connectivity index (χ2v) is 5.05. The number of rotatable bonds is 4. The quantitative estimate of drug-likeness (QED) is 0.914. The Hall–Kier alpha value is -1.68. The lowest BCUT2D eigenvalue weighted by Crippen LogP contribution is -2.19. The largest absolute Gasteiger partial charge is 0.313 e. The van der Waals surface area contributed by atoms with Gasteiger partial charge in [0, 0.05) is 30.7 Å². The van der Waals surface area contributed by atoms with Gasteiger partial charge in [-0.1, -0.05) is 6.07 Å². The van der Waals surface area contributed by atoms with Gasteiger partial charge in [-0.15, -0.1) is 0 Å². The fourth-order valence-electron chi connectivity index (χ4n) is 2.39. The van der Waals surface area contributed by atoms with Gasteiger partial charge in [0.05, 0.1) is 5.69 Å². The van der Waals surface area contributed by atoms with E-state index in [1.807, 2.05) is 31.9 Å². The Morgan fingerprint density at radius 1 is 1.26 bits per heavy atom. The maximum Gasteiger partial charge on any atom is 0.0629 e. The van der Waals surface area contributed by atoms with Crippen molar-refractivity contribution >= 4 is 0 Å². The molecule has 0 aliphatic rings. The van der Waals surface area contributed by atoms with E-state index in [2.05, 4.69) is 41.4 Å². The van der Waals surface area contributed by atoms with Crippen molar-refractivity contribution in [2.24, 2.45) is 7.05 Å². The zero-order chi connectivity index (χ0) is 14.0. The number of nitrogens with zero attached hydrogens (tertiary/aromatic N) is 3. The highest BCUT2D eigenvalue weighted by Crippen LogP contribution is 2.22. The topological polar surface area (TPSA) is 42.7 Å². The Morgan fingerprint density at radius 2 is 2.00 bits per heavy atom. The number of likely N-dealkylation sites (N-methyl/N-ethyl adjacent to an activating group) is 1. The summed E-state index contributed by atoms with van der Waals surface area (Å²) in [4.78, 5) is 4.38. The van der Waals surface area contributed by atoms with Crippen LogP contribution in [0, 0.1) is 20.8 Å². The summed E-state index contributed by atoms with van der Waals surface area (Å²) >= 11 is 0. The third kappa shape index (κ3) is 2.84. The van der Waals surface area contributed by atoms with Gasteiger partial charge in [-0.3, -0.25) is 9.67 Å². The summed E-state index contributed by atoms with van der Waals surface area (Å²) in [5, 5.41) is 7.85. The molecular weight excluding hydrogens is 236 g/mol. The molecule has 0 radical (unpaired) electrons. The molecule has 2 aromatic heterocycles. The molecule has 0 aromatic carbocycles. The first-order valence-corrected chi connectivity index (χ1v) is 6.61. The standard InChI is InChI=1S/C15H22N4/c1-10-6-7-13(9-17-10)15(16-4)8-14-11(2)18-19(5)12(14)3/h6-7,9,15-16H,8H2,1-5H3. The number of hydrogen-bond acceptors (Lipinski definition) is 3. The summed E-state index contributed by atoms with van der Waals surface area (Å²) in [7, 11) is 3.99. The maximum atomic E-state index is 4.48. The molecule has 1 N–H and O–H groups in total. The van der Waals surface area contributed by atoms with E-state index in [1.165, 1.54) is 16.8 Å². The molecule has 0 spiro atoms. The van der Waals surface area contributed by atoms with Crippen LogP contribution < -0.4 is 5.32 Å². The van der Waals surface area contributed by atoms with Crippen molar-refractivity contribution in [1.82, 2.24) is 20.1 Å². The maximum absolute atomic E-state index is 4.48. The predicted molar refractivity (Wildman–Crippen MR) is 77.2 cm³/mol. The third-order valence-electron chi connectivity index (χ3n) is 3.75. The van der Waals surface area contributed by atoms with Crippen LogP contribution >= 0.6 is 0 Å². The van der Waals surface area contributed by atoms with E-state index in [4.69, 9.17) is 0 Å². The summed E-state index contributed by atoms with van der Waals surface area (Å²) < 4.78 is 1.95. The van der Waals surface area contributed by atoms with Gasteiger partial charge in [-0.2, -0.15) is 5.10 Å². The van der Waals surface area contributed by atoms with Crippen LogP contribution in [0.25, 0.3) is 0 Å². The van der Waals surface area contributed by atoms with Crippen molar-refractivity contribution in [2.75, 3.05) is 7.05 Å². The van der Waals surface area contributed by atoms with E-state index >= 15 is 0 Å². The van der Waals surface area contributed by atoms with Crippen molar-refractivity contribution in [1.29, 1.82) is 0 Å². The van der Waals surface area contributed by atoms with Crippen LogP contribution in [-0.2, 0) is 13.5 Å². The monoisotopic (exact) mass is 258 g/mol. The predicted octanol–water partition coefficient (Wildman–Crippen LogP) is 2.24. The highest BCUT2D eigenvalue weighted by molar-refractivity contribution is 5.28. The molecule has 1 atom stereocenters. The molecule has 0 bridgehead atoms. The van der Waals surface area contributed by atoms with Gasteiger partial charge in [-0.05, 0) is 51.4 Å². The van der Waals surface area contributed by atoms with Crippen molar-refractivity contribution in [3.63, 3.8) is 0 Å². The van der Waals surface area contributed by atoms with E-state index in [1.54, 1.807) is 0 Å². The summed E-state index contributed by atoms with van der Waals surface area (Å²) in [6, 6.07) is 4.47. The molecule has 2 heterocycles. The van der Waals surface area contributed by atoms with Crippen molar-refractivity contribution in [3.05, 3.63) is 46.5 Å². The molecule has 4 nitrogen and oxygen atoms in total. The first-order valence-electron chi connectivity index (χ1n) is 6.61. The summed E-state index contributed by atoms with van der Waals surface area (Å²) in [5.41, 5.74) is 5.93. The minimum atomic E-state index is 0.273. The molecule has 19 heavy (non-hydrogen) atoms. The molecule has 4 heteroatoms. The number of hydrogen-bond donors (Lipinski definition) is 1. The van der Waals surface area contributed by atoms with Crippen molar-refractivity contribution in [3.8, 4) is 0 Å². The first kappa shape index (κ1) is 13.7. The van der Waals surface area contributed by atoms with Gasteiger partial charge < -0.3 is 5.32 Å². The molecule has 102 valence electrons. The fourth-order valence-corrected chi connectivity index (χ4v) is 2.39.